The zero-order valence-electron chi connectivity index (χ0n) is 13.3. The summed E-state index contributed by atoms with van der Waals surface area (Å²) in [5.74, 6) is -0.254. The molecule has 25 heavy (non-hydrogen) atoms. The van der Waals surface area contributed by atoms with Crippen LogP contribution in [-0.2, 0) is 4.79 Å². The van der Waals surface area contributed by atoms with E-state index in [1.54, 1.807) is 23.1 Å². The summed E-state index contributed by atoms with van der Waals surface area (Å²) in [6.07, 6.45) is 1.17. The van der Waals surface area contributed by atoms with Gasteiger partial charge < -0.3 is 10.6 Å². The lowest BCUT2D eigenvalue weighted by Gasteiger charge is -2.31. The molecule has 1 aromatic rings. The fraction of sp³-hybridized carbons (Fsp3) is 0.353. The molecular formula is C17H16BrCl2N3O2. The number of aliphatic imine (C=N–C) groups is 1. The first-order valence-corrected chi connectivity index (χ1v) is 9.50. The Morgan fingerprint density at radius 2 is 2.08 bits per heavy atom. The monoisotopic (exact) mass is 443 g/mol. The third-order valence-electron chi connectivity index (χ3n) is 4.30. The van der Waals surface area contributed by atoms with E-state index in [0.717, 1.165) is 0 Å². The maximum Gasteiger partial charge on any atom is 0.254 e. The van der Waals surface area contributed by atoms with Crippen molar-refractivity contribution in [3.63, 3.8) is 0 Å². The van der Waals surface area contributed by atoms with Crippen molar-refractivity contribution < 1.29 is 9.59 Å². The Hall–Kier alpha value is -1.37. The third-order valence-corrected chi connectivity index (χ3v) is 5.91. The van der Waals surface area contributed by atoms with E-state index < -0.39 is 0 Å². The maximum atomic E-state index is 12.8. The van der Waals surface area contributed by atoms with E-state index >= 15 is 0 Å². The van der Waals surface area contributed by atoms with Gasteiger partial charge in [-0.15, -0.1) is 0 Å². The maximum absolute atomic E-state index is 12.8. The van der Waals surface area contributed by atoms with Gasteiger partial charge in [-0.05, 0) is 24.6 Å². The highest BCUT2D eigenvalue weighted by Gasteiger charge is 2.32. The summed E-state index contributed by atoms with van der Waals surface area (Å²) in [7, 11) is 0. The summed E-state index contributed by atoms with van der Waals surface area (Å²) in [6.45, 7) is 1.30. The Morgan fingerprint density at radius 3 is 2.80 bits per heavy atom. The normalized spacial score (nSPS) is 21.4. The summed E-state index contributed by atoms with van der Waals surface area (Å²) in [4.78, 5) is 30.9. The number of amides is 1. The molecule has 0 spiro atoms. The van der Waals surface area contributed by atoms with Gasteiger partial charge in [-0.1, -0.05) is 39.1 Å². The van der Waals surface area contributed by atoms with Gasteiger partial charge in [0.1, 0.15) is 5.71 Å². The molecule has 132 valence electrons. The lowest BCUT2D eigenvalue weighted by molar-refractivity contribution is -0.112. The molecule has 0 saturated heterocycles. The first-order valence-electron chi connectivity index (χ1n) is 7.83. The number of hydrogen-bond donors (Lipinski definition) is 1. The van der Waals surface area contributed by atoms with E-state index in [2.05, 4.69) is 20.9 Å². The Bertz CT molecular complexity index is 807. The summed E-state index contributed by atoms with van der Waals surface area (Å²) in [5.41, 5.74) is 8.22. The molecule has 1 unspecified atom stereocenters. The fourth-order valence-electron chi connectivity index (χ4n) is 2.88. The van der Waals surface area contributed by atoms with Crippen LogP contribution in [0.4, 0.5) is 0 Å². The van der Waals surface area contributed by atoms with Crippen molar-refractivity contribution in [1.82, 2.24) is 4.90 Å². The molecule has 0 aliphatic carbocycles. The van der Waals surface area contributed by atoms with Gasteiger partial charge in [-0.25, -0.2) is 0 Å². The van der Waals surface area contributed by atoms with Crippen molar-refractivity contribution >= 4 is 56.5 Å². The van der Waals surface area contributed by atoms with Gasteiger partial charge >= 0.3 is 0 Å². The SMILES string of the molecule is NC1=C(C2=NCCC(Br)C2=O)CN(C(=O)c2ccc(Cl)c(Cl)c2)CC1. The van der Waals surface area contributed by atoms with Crippen LogP contribution >= 0.6 is 39.1 Å². The second-order valence-electron chi connectivity index (χ2n) is 5.96. The standard InChI is InChI=1S/C17H16BrCl2N3O2/c18-11-3-5-22-15(16(11)24)10-8-23(6-4-14(10)21)17(25)9-1-2-12(19)13(20)7-9/h1-2,7,11H,3-6,8,21H2. The van der Waals surface area contributed by atoms with Crippen molar-refractivity contribution in [2.24, 2.45) is 10.7 Å². The molecule has 1 amide bonds. The second kappa shape index (κ2) is 7.48. The lowest BCUT2D eigenvalue weighted by atomic mass is 9.94. The highest BCUT2D eigenvalue weighted by atomic mass is 79.9. The van der Waals surface area contributed by atoms with Crippen LogP contribution in [0.15, 0.2) is 34.5 Å². The van der Waals surface area contributed by atoms with Crippen molar-refractivity contribution in [3.8, 4) is 0 Å². The summed E-state index contributed by atoms with van der Waals surface area (Å²) in [6, 6.07) is 4.78. The molecule has 8 heteroatoms. The molecular weight excluding hydrogens is 429 g/mol. The predicted molar refractivity (Wildman–Crippen MR) is 103 cm³/mol. The molecule has 1 atom stereocenters. The van der Waals surface area contributed by atoms with Crippen molar-refractivity contribution in [3.05, 3.63) is 45.1 Å². The third kappa shape index (κ3) is 3.76. The van der Waals surface area contributed by atoms with Gasteiger partial charge in [0.2, 0.25) is 0 Å². The molecule has 3 rings (SSSR count). The van der Waals surface area contributed by atoms with E-state index in [4.69, 9.17) is 28.9 Å². The number of rotatable bonds is 2. The first kappa shape index (κ1) is 18.4. The number of carbonyl (C=O) groups is 2. The number of Topliss-reactive ketones (excluding diaryl/α,β-unsaturated/α-hetero) is 1. The van der Waals surface area contributed by atoms with Gasteiger partial charge in [-0.3, -0.25) is 14.6 Å². The first-order chi connectivity index (χ1) is 11.9. The molecule has 0 bridgehead atoms. The smallest absolute Gasteiger partial charge is 0.254 e. The van der Waals surface area contributed by atoms with Crippen LogP contribution in [0.1, 0.15) is 23.2 Å². The number of nitrogens with two attached hydrogens (primary N) is 1. The molecule has 0 fully saturated rings. The van der Waals surface area contributed by atoms with E-state index in [-0.39, 0.29) is 23.1 Å². The zero-order chi connectivity index (χ0) is 18.1. The second-order valence-corrected chi connectivity index (χ2v) is 7.88. The topological polar surface area (TPSA) is 75.8 Å². The van der Waals surface area contributed by atoms with Crippen LogP contribution in [-0.4, -0.2) is 46.8 Å². The number of benzene rings is 1. The molecule has 2 aliphatic rings. The number of alkyl halides is 1. The van der Waals surface area contributed by atoms with E-state index in [1.165, 1.54) is 0 Å². The quantitative estimate of drug-likeness (QED) is 0.711. The van der Waals surface area contributed by atoms with E-state index in [9.17, 15) is 9.59 Å². The number of halogens is 3. The van der Waals surface area contributed by atoms with Gasteiger partial charge in [-0.2, -0.15) is 0 Å². The Kier molecular flexibility index (Phi) is 5.51. The van der Waals surface area contributed by atoms with Gasteiger partial charge in [0.05, 0.1) is 14.9 Å². The van der Waals surface area contributed by atoms with E-state index in [1.807, 2.05) is 0 Å². The molecule has 2 aliphatic heterocycles. The largest absolute Gasteiger partial charge is 0.402 e. The number of hydrogen-bond acceptors (Lipinski definition) is 4. The molecule has 0 saturated carbocycles. The zero-order valence-corrected chi connectivity index (χ0v) is 16.4. The van der Waals surface area contributed by atoms with Gasteiger partial charge in [0.15, 0.2) is 5.78 Å². The average Bonchev–Trinajstić information content (AvgIpc) is 2.60. The molecule has 2 heterocycles. The van der Waals surface area contributed by atoms with Gasteiger partial charge in [0, 0.05) is 42.9 Å². The number of ketones is 1. The van der Waals surface area contributed by atoms with Gasteiger partial charge in [0.25, 0.3) is 5.91 Å². The van der Waals surface area contributed by atoms with Crippen molar-refractivity contribution in [2.75, 3.05) is 19.6 Å². The number of carbonyl (C=O) groups excluding carboxylic acids is 2. The summed E-state index contributed by atoms with van der Waals surface area (Å²) >= 11 is 15.3. The molecule has 0 radical (unpaired) electrons. The summed E-state index contributed by atoms with van der Waals surface area (Å²) < 4.78 is 0. The van der Waals surface area contributed by atoms with Crippen LogP contribution < -0.4 is 5.73 Å². The highest BCUT2D eigenvalue weighted by molar-refractivity contribution is 9.10. The minimum Gasteiger partial charge on any atom is -0.402 e. The Labute approximate surface area is 164 Å². The fourth-order valence-corrected chi connectivity index (χ4v) is 3.60. The van der Waals surface area contributed by atoms with E-state index in [0.29, 0.717) is 58.5 Å². The van der Waals surface area contributed by atoms with Crippen LogP contribution in [0, 0.1) is 0 Å². The highest BCUT2D eigenvalue weighted by Crippen LogP contribution is 2.26. The molecule has 0 aromatic heterocycles. The average molecular weight is 445 g/mol. The molecule has 1 aromatic carbocycles. The van der Waals surface area contributed by atoms with Crippen molar-refractivity contribution in [1.29, 1.82) is 0 Å². The minimum absolute atomic E-state index is 0.0759. The lowest BCUT2D eigenvalue weighted by Crippen LogP contribution is -2.43. The van der Waals surface area contributed by atoms with Crippen LogP contribution in [0.25, 0.3) is 0 Å². The predicted octanol–water partition coefficient (Wildman–Crippen LogP) is 3.23. The van der Waals surface area contributed by atoms with Crippen LogP contribution in [0.2, 0.25) is 10.0 Å². The summed E-state index contributed by atoms with van der Waals surface area (Å²) in [5, 5.41) is 0.723. The Morgan fingerprint density at radius 1 is 1.32 bits per heavy atom. The minimum atomic E-state index is -0.249. The van der Waals surface area contributed by atoms with Crippen molar-refractivity contribution in [2.45, 2.75) is 17.7 Å². The molecule has 2 N–H and O–H groups in total. The Balaban J connectivity index is 1.84. The number of nitrogens with zero attached hydrogens (tertiary/aromatic N) is 2. The molecule has 5 nitrogen and oxygen atoms in total. The van der Waals surface area contributed by atoms with Crippen LogP contribution in [0.3, 0.4) is 0 Å². The van der Waals surface area contributed by atoms with Crippen LogP contribution in [0.5, 0.6) is 0 Å².